The third-order valence-electron chi connectivity index (χ3n) is 2.26. The third-order valence-corrected chi connectivity index (χ3v) is 3.54. The van der Waals surface area contributed by atoms with Crippen molar-refractivity contribution >= 4 is 31.9 Å². The molecule has 0 unspecified atom stereocenters. The van der Waals surface area contributed by atoms with Crippen LogP contribution in [-0.4, -0.2) is 10.2 Å². The van der Waals surface area contributed by atoms with E-state index in [9.17, 15) is 10.2 Å². The van der Waals surface area contributed by atoms with Crippen molar-refractivity contribution in [3.05, 3.63) is 45.3 Å². The van der Waals surface area contributed by atoms with E-state index < -0.39 is 0 Å². The van der Waals surface area contributed by atoms with E-state index in [-0.39, 0.29) is 11.5 Å². The van der Waals surface area contributed by atoms with Gasteiger partial charge >= 0.3 is 0 Å². The molecule has 0 aromatic heterocycles. The Balaban J connectivity index is 2.68. The average Bonchev–Trinajstić information content (AvgIpc) is 2.27. The van der Waals surface area contributed by atoms with Gasteiger partial charge in [-0.05, 0) is 44.0 Å². The maximum atomic E-state index is 9.89. The number of benzene rings is 2. The summed E-state index contributed by atoms with van der Waals surface area (Å²) in [6, 6.07) is 10.6. The number of hydrogen-bond acceptors (Lipinski definition) is 2. The number of hydrogen-bond donors (Lipinski definition) is 2. The average molecular weight is 344 g/mol. The van der Waals surface area contributed by atoms with Crippen LogP contribution in [0.1, 0.15) is 0 Å². The van der Waals surface area contributed by atoms with Crippen molar-refractivity contribution in [2.45, 2.75) is 0 Å². The highest BCUT2D eigenvalue weighted by molar-refractivity contribution is 9.10. The summed E-state index contributed by atoms with van der Waals surface area (Å²) in [6.45, 7) is 0. The Morgan fingerprint density at radius 2 is 1.06 bits per heavy atom. The Morgan fingerprint density at radius 1 is 0.688 bits per heavy atom. The monoisotopic (exact) mass is 342 g/mol. The van der Waals surface area contributed by atoms with Gasteiger partial charge in [-0.3, -0.25) is 0 Å². The van der Waals surface area contributed by atoms with Gasteiger partial charge in [-0.15, -0.1) is 0 Å². The van der Waals surface area contributed by atoms with Crippen LogP contribution < -0.4 is 0 Å². The fourth-order valence-electron chi connectivity index (χ4n) is 1.47. The van der Waals surface area contributed by atoms with Crippen LogP contribution >= 0.6 is 31.9 Å². The lowest BCUT2D eigenvalue weighted by Gasteiger charge is -2.09. The van der Waals surface area contributed by atoms with E-state index in [0.717, 1.165) is 0 Å². The largest absolute Gasteiger partial charge is 0.506 e. The molecule has 0 saturated carbocycles. The summed E-state index contributed by atoms with van der Waals surface area (Å²) < 4.78 is 1.20. The van der Waals surface area contributed by atoms with Crippen LogP contribution in [0.3, 0.4) is 0 Å². The molecule has 0 aliphatic rings. The second-order valence-electron chi connectivity index (χ2n) is 3.27. The summed E-state index contributed by atoms with van der Waals surface area (Å²) in [6.07, 6.45) is 0. The first-order chi connectivity index (χ1) is 7.61. The molecule has 2 aromatic rings. The molecule has 2 N–H and O–H groups in total. The second kappa shape index (κ2) is 4.47. The molecule has 0 aliphatic carbocycles. The predicted octanol–water partition coefficient (Wildman–Crippen LogP) is 4.29. The molecule has 2 nitrogen and oxygen atoms in total. The smallest absolute Gasteiger partial charge is 0.137 e. The summed E-state index contributed by atoms with van der Waals surface area (Å²) in [5.41, 5.74) is 1.18. The van der Waals surface area contributed by atoms with Crippen LogP contribution in [0.15, 0.2) is 45.3 Å². The molecule has 0 saturated heterocycles. The lowest BCUT2D eigenvalue weighted by molar-refractivity contribution is 0.465. The summed E-state index contributed by atoms with van der Waals surface area (Å²) in [7, 11) is 0. The zero-order valence-corrected chi connectivity index (χ0v) is 11.3. The van der Waals surface area contributed by atoms with Crippen molar-refractivity contribution in [1.82, 2.24) is 0 Å². The summed E-state index contributed by atoms with van der Waals surface area (Å²) in [5.74, 6) is 0.242. The Kier molecular flexibility index (Phi) is 3.21. The molecule has 0 bridgehead atoms. The highest BCUT2D eigenvalue weighted by Gasteiger charge is 2.12. The first-order valence-electron chi connectivity index (χ1n) is 4.56. The molecule has 0 heterocycles. The molecule has 2 aromatic carbocycles. The van der Waals surface area contributed by atoms with Gasteiger partial charge < -0.3 is 10.2 Å². The van der Waals surface area contributed by atoms with Gasteiger partial charge in [-0.1, -0.05) is 24.3 Å². The van der Waals surface area contributed by atoms with Gasteiger partial charge in [-0.2, -0.15) is 0 Å². The van der Waals surface area contributed by atoms with Gasteiger partial charge in [0.25, 0.3) is 0 Å². The number of phenols is 2. The molecule has 0 radical (unpaired) electrons. The summed E-state index contributed by atoms with van der Waals surface area (Å²) >= 11 is 6.49. The minimum atomic E-state index is 0.121. The second-order valence-corrected chi connectivity index (χ2v) is 4.98. The quantitative estimate of drug-likeness (QED) is 0.810. The predicted molar refractivity (Wildman–Crippen MR) is 70.6 cm³/mol. The van der Waals surface area contributed by atoms with E-state index in [1.165, 1.54) is 0 Å². The number of phenolic OH excluding ortho intramolecular Hbond substituents is 2. The van der Waals surface area contributed by atoms with E-state index in [4.69, 9.17) is 0 Å². The van der Waals surface area contributed by atoms with Gasteiger partial charge in [0, 0.05) is 11.1 Å². The number of rotatable bonds is 1. The Hall–Kier alpha value is -1.00. The van der Waals surface area contributed by atoms with Crippen molar-refractivity contribution in [2.75, 3.05) is 0 Å². The van der Waals surface area contributed by atoms with Crippen LogP contribution in [0.25, 0.3) is 11.1 Å². The van der Waals surface area contributed by atoms with Gasteiger partial charge in [0.15, 0.2) is 0 Å². The van der Waals surface area contributed by atoms with Gasteiger partial charge in [0.2, 0.25) is 0 Å². The van der Waals surface area contributed by atoms with E-state index >= 15 is 0 Å². The lowest BCUT2D eigenvalue weighted by atomic mass is 10.0. The highest BCUT2D eigenvalue weighted by Crippen LogP contribution is 2.41. The molecule has 16 heavy (non-hydrogen) atoms. The van der Waals surface area contributed by atoms with Gasteiger partial charge in [-0.25, -0.2) is 0 Å². The number of aromatic hydroxyl groups is 2. The Labute approximate surface area is 110 Å². The van der Waals surface area contributed by atoms with Crippen LogP contribution in [0.4, 0.5) is 0 Å². The maximum absolute atomic E-state index is 9.89. The standard InChI is InChI=1S/C12H8Br2O2/c13-9-5-1-3-7(11(9)15)8-4-2-6-10(14)12(8)16/h1-6,15-16H. The highest BCUT2D eigenvalue weighted by atomic mass is 79.9. The Morgan fingerprint density at radius 3 is 1.44 bits per heavy atom. The molecule has 2 rings (SSSR count). The molecule has 0 atom stereocenters. The molecule has 0 amide bonds. The molecular weight excluding hydrogens is 336 g/mol. The van der Waals surface area contributed by atoms with Crippen LogP contribution in [-0.2, 0) is 0 Å². The molecule has 0 spiro atoms. The van der Waals surface area contributed by atoms with E-state index in [1.807, 2.05) is 0 Å². The summed E-state index contributed by atoms with van der Waals surface area (Å²) in [4.78, 5) is 0. The van der Waals surface area contributed by atoms with Crippen molar-refractivity contribution in [2.24, 2.45) is 0 Å². The van der Waals surface area contributed by atoms with Crippen LogP contribution in [0.2, 0.25) is 0 Å². The molecule has 0 fully saturated rings. The fraction of sp³-hybridized carbons (Fsp3) is 0. The van der Waals surface area contributed by atoms with Crippen LogP contribution in [0.5, 0.6) is 11.5 Å². The third kappa shape index (κ3) is 1.95. The van der Waals surface area contributed by atoms with E-state index in [0.29, 0.717) is 20.1 Å². The minimum absolute atomic E-state index is 0.121. The molecule has 4 heteroatoms. The summed E-state index contributed by atoms with van der Waals surface area (Å²) in [5, 5.41) is 19.8. The van der Waals surface area contributed by atoms with Crippen LogP contribution in [0, 0.1) is 0 Å². The molecule has 82 valence electrons. The zero-order valence-electron chi connectivity index (χ0n) is 8.11. The normalized spacial score (nSPS) is 10.4. The van der Waals surface area contributed by atoms with E-state index in [1.54, 1.807) is 36.4 Å². The van der Waals surface area contributed by atoms with Crippen molar-refractivity contribution in [3.8, 4) is 22.6 Å². The van der Waals surface area contributed by atoms with Gasteiger partial charge in [0.1, 0.15) is 11.5 Å². The zero-order chi connectivity index (χ0) is 11.7. The SMILES string of the molecule is Oc1c(Br)cccc1-c1cccc(Br)c1O. The van der Waals surface area contributed by atoms with E-state index in [2.05, 4.69) is 31.9 Å². The van der Waals surface area contributed by atoms with Gasteiger partial charge in [0.05, 0.1) is 8.95 Å². The minimum Gasteiger partial charge on any atom is -0.506 e. The van der Waals surface area contributed by atoms with Crippen molar-refractivity contribution < 1.29 is 10.2 Å². The van der Waals surface area contributed by atoms with Crippen molar-refractivity contribution in [3.63, 3.8) is 0 Å². The maximum Gasteiger partial charge on any atom is 0.137 e. The topological polar surface area (TPSA) is 40.5 Å². The van der Waals surface area contributed by atoms with Crippen molar-refractivity contribution in [1.29, 1.82) is 0 Å². The molecule has 0 aliphatic heterocycles. The first-order valence-corrected chi connectivity index (χ1v) is 6.15. The first kappa shape index (κ1) is 11.5. The lowest BCUT2D eigenvalue weighted by Crippen LogP contribution is -1.82. The molecular formula is C12H8Br2O2. The fourth-order valence-corrected chi connectivity index (χ4v) is 2.20. The Bertz CT molecular complexity index is 489. The number of halogens is 2. The number of para-hydroxylation sites is 2.